The molecule has 0 spiro atoms. The van der Waals surface area contributed by atoms with Gasteiger partial charge in [0, 0.05) is 31.9 Å². The highest BCUT2D eigenvalue weighted by Crippen LogP contribution is 2.23. The molecule has 0 saturated carbocycles. The molecule has 0 bridgehead atoms. The average Bonchev–Trinajstić information content (AvgIpc) is 2.63. The molecule has 0 unspecified atom stereocenters. The monoisotopic (exact) mass is 340 g/mol. The summed E-state index contributed by atoms with van der Waals surface area (Å²) < 4.78 is 4.86. The Balaban J connectivity index is 1.58. The van der Waals surface area contributed by atoms with E-state index in [1.54, 1.807) is 13.1 Å². The lowest BCUT2D eigenvalue weighted by atomic mass is 10.1. The summed E-state index contributed by atoms with van der Waals surface area (Å²) >= 11 is 0. The lowest BCUT2D eigenvalue weighted by Gasteiger charge is -2.37. The summed E-state index contributed by atoms with van der Waals surface area (Å²) in [5, 5.41) is 2.66. The highest BCUT2D eigenvalue weighted by molar-refractivity contribution is 5.84. The van der Waals surface area contributed by atoms with E-state index < -0.39 is 6.09 Å². The molecule has 0 aliphatic carbocycles. The van der Waals surface area contributed by atoms with Gasteiger partial charge >= 0.3 is 6.09 Å². The number of hydrogen-bond donors (Lipinski definition) is 1. The van der Waals surface area contributed by atoms with Crippen molar-refractivity contribution in [1.82, 2.24) is 4.98 Å². The molecule has 0 radical (unpaired) electrons. The van der Waals surface area contributed by atoms with Crippen molar-refractivity contribution in [2.75, 3.05) is 47.9 Å². The number of anilines is 3. The molecule has 25 heavy (non-hydrogen) atoms. The Hall–Kier alpha value is -2.76. The first-order valence-corrected chi connectivity index (χ1v) is 8.62. The van der Waals surface area contributed by atoms with Gasteiger partial charge in [-0.3, -0.25) is 5.32 Å². The van der Waals surface area contributed by atoms with Crippen LogP contribution in [0.25, 0.3) is 0 Å². The molecule has 132 valence electrons. The number of nitrogens with one attached hydrogen (secondary N) is 1. The first kappa shape index (κ1) is 17.1. The number of carbonyl (C=O) groups is 1. The van der Waals surface area contributed by atoms with E-state index in [9.17, 15) is 4.79 Å². The van der Waals surface area contributed by atoms with Gasteiger partial charge in [0.1, 0.15) is 5.82 Å². The van der Waals surface area contributed by atoms with E-state index in [-0.39, 0.29) is 0 Å². The number of ether oxygens (including phenoxy) is 1. The van der Waals surface area contributed by atoms with Gasteiger partial charge in [0.15, 0.2) is 0 Å². The van der Waals surface area contributed by atoms with Crippen LogP contribution in [0, 0.1) is 6.92 Å². The number of aryl methyl sites for hydroxylation is 1. The van der Waals surface area contributed by atoms with E-state index in [4.69, 9.17) is 4.74 Å². The largest absolute Gasteiger partial charge is 0.450 e. The molecule has 2 heterocycles. The van der Waals surface area contributed by atoms with Gasteiger partial charge in [0.05, 0.1) is 18.5 Å². The van der Waals surface area contributed by atoms with Gasteiger partial charge in [0.25, 0.3) is 0 Å². The zero-order valence-electron chi connectivity index (χ0n) is 14.7. The summed E-state index contributed by atoms with van der Waals surface area (Å²) in [4.78, 5) is 20.6. The Morgan fingerprint density at radius 1 is 1.12 bits per heavy atom. The maximum absolute atomic E-state index is 11.4. The second-order valence-corrected chi connectivity index (χ2v) is 6.01. The van der Waals surface area contributed by atoms with E-state index in [1.165, 1.54) is 11.3 Å². The van der Waals surface area contributed by atoms with Crippen LogP contribution in [0.2, 0.25) is 0 Å². The zero-order chi connectivity index (χ0) is 17.6. The van der Waals surface area contributed by atoms with E-state index in [0.29, 0.717) is 12.3 Å². The molecule has 1 aromatic heterocycles. The lowest BCUT2D eigenvalue weighted by Crippen LogP contribution is -2.47. The number of benzene rings is 1. The zero-order valence-corrected chi connectivity index (χ0v) is 14.7. The number of piperazine rings is 1. The predicted molar refractivity (Wildman–Crippen MR) is 100 cm³/mol. The fraction of sp³-hybridized carbons (Fsp3) is 0.368. The molecule has 1 saturated heterocycles. The molecule has 3 rings (SSSR count). The minimum Gasteiger partial charge on any atom is -0.450 e. The Kier molecular flexibility index (Phi) is 5.38. The number of nitrogens with zero attached hydrogens (tertiary/aromatic N) is 3. The van der Waals surface area contributed by atoms with Gasteiger partial charge in [-0.05, 0) is 37.6 Å². The Morgan fingerprint density at radius 3 is 2.48 bits per heavy atom. The van der Waals surface area contributed by atoms with E-state index in [0.717, 1.165) is 32.0 Å². The fourth-order valence-corrected chi connectivity index (χ4v) is 3.03. The molecule has 1 fully saturated rings. The van der Waals surface area contributed by atoms with Crippen LogP contribution in [0.1, 0.15) is 12.5 Å². The number of para-hydroxylation sites is 1. The van der Waals surface area contributed by atoms with Crippen molar-refractivity contribution in [3.05, 3.63) is 48.2 Å². The number of amides is 1. The third-order valence-electron chi connectivity index (χ3n) is 4.33. The van der Waals surface area contributed by atoms with E-state index in [2.05, 4.69) is 51.3 Å². The van der Waals surface area contributed by atoms with Crippen molar-refractivity contribution in [3.8, 4) is 0 Å². The van der Waals surface area contributed by atoms with Crippen molar-refractivity contribution in [1.29, 1.82) is 0 Å². The fourth-order valence-electron chi connectivity index (χ4n) is 3.03. The lowest BCUT2D eigenvalue weighted by molar-refractivity contribution is 0.168. The number of hydrogen-bond acceptors (Lipinski definition) is 5. The molecule has 1 amide bonds. The van der Waals surface area contributed by atoms with Crippen LogP contribution < -0.4 is 15.1 Å². The molecule has 0 atom stereocenters. The van der Waals surface area contributed by atoms with Gasteiger partial charge in [-0.1, -0.05) is 18.2 Å². The second kappa shape index (κ2) is 7.88. The molecular weight excluding hydrogens is 316 g/mol. The summed E-state index contributed by atoms with van der Waals surface area (Å²) in [6, 6.07) is 12.3. The topological polar surface area (TPSA) is 57.7 Å². The van der Waals surface area contributed by atoms with Crippen molar-refractivity contribution in [3.63, 3.8) is 0 Å². The molecular formula is C19H24N4O2. The Labute approximate surface area is 148 Å². The van der Waals surface area contributed by atoms with Crippen molar-refractivity contribution in [2.45, 2.75) is 13.8 Å². The first-order valence-electron chi connectivity index (χ1n) is 8.62. The summed E-state index contributed by atoms with van der Waals surface area (Å²) in [5.74, 6) is 0.929. The molecule has 6 heteroatoms. The Morgan fingerprint density at radius 2 is 1.84 bits per heavy atom. The van der Waals surface area contributed by atoms with Crippen LogP contribution in [0.5, 0.6) is 0 Å². The number of pyridine rings is 1. The molecule has 1 aliphatic rings. The normalized spacial score (nSPS) is 14.3. The van der Waals surface area contributed by atoms with Crippen molar-refractivity contribution >= 4 is 23.3 Å². The predicted octanol–water partition coefficient (Wildman–Crippen LogP) is 3.29. The summed E-state index contributed by atoms with van der Waals surface area (Å²) in [5.41, 5.74) is 3.26. The molecule has 1 aromatic carbocycles. The third-order valence-corrected chi connectivity index (χ3v) is 4.33. The highest BCUT2D eigenvalue weighted by atomic mass is 16.5. The van der Waals surface area contributed by atoms with Crippen LogP contribution in [-0.2, 0) is 4.74 Å². The van der Waals surface area contributed by atoms with Crippen LogP contribution in [0.3, 0.4) is 0 Å². The summed E-state index contributed by atoms with van der Waals surface area (Å²) in [6.07, 6.45) is 1.21. The number of rotatable bonds is 4. The summed E-state index contributed by atoms with van der Waals surface area (Å²) in [6.45, 7) is 8.06. The maximum Gasteiger partial charge on any atom is 0.411 e. The molecule has 6 nitrogen and oxygen atoms in total. The number of carbonyl (C=O) groups excluding carboxylic acids is 1. The second-order valence-electron chi connectivity index (χ2n) is 6.01. The van der Waals surface area contributed by atoms with Gasteiger partial charge < -0.3 is 14.5 Å². The maximum atomic E-state index is 11.4. The first-order chi connectivity index (χ1) is 12.2. The quantitative estimate of drug-likeness (QED) is 0.925. The van der Waals surface area contributed by atoms with Gasteiger partial charge in [-0.2, -0.15) is 0 Å². The highest BCUT2D eigenvalue weighted by Gasteiger charge is 2.19. The summed E-state index contributed by atoms with van der Waals surface area (Å²) in [7, 11) is 0. The van der Waals surface area contributed by atoms with Crippen LogP contribution in [-0.4, -0.2) is 43.9 Å². The molecule has 1 aliphatic heterocycles. The average molecular weight is 340 g/mol. The van der Waals surface area contributed by atoms with Crippen LogP contribution in [0.15, 0.2) is 42.6 Å². The van der Waals surface area contributed by atoms with E-state index in [1.807, 2.05) is 12.1 Å². The van der Waals surface area contributed by atoms with Crippen molar-refractivity contribution < 1.29 is 9.53 Å². The van der Waals surface area contributed by atoms with Gasteiger partial charge in [-0.15, -0.1) is 0 Å². The molecule has 2 aromatic rings. The smallest absolute Gasteiger partial charge is 0.411 e. The van der Waals surface area contributed by atoms with E-state index >= 15 is 0 Å². The minimum atomic E-state index is -0.455. The van der Waals surface area contributed by atoms with Crippen molar-refractivity contribution in [2.24, 2.45) is 0 Å². The van der Waals surface area contributed by atoms with Gasteiger partial charge in [-0.25, -0.2) is 9.78 Å². The number of aromatic nitrogens is 1. The Bertz CT molecular complexity index is 710. The van der Waals surface area contributed by atoms with Crippen LogP contribution in [0.4, 0.5) is 22.0 Å². The van der Waals surface area contributed by atoms with Crippen LogP contribution >= 0.6 is 0 Å². The van der Waals surface area contributed by atoms with Gasteiger partial charge in [0.2, 0.25) is 0 Å². The molecule has 1 N–H and O–H groups in total. The standard InChI is InChI=1S/C19H24N4O2/c1-3-25-19(24)21-16-8-9-18(20-14-16)23-12-10-22(11-13-23)17-7-5-4-6-15(17)2/h4-9,14H,3,10-13H2,1-2H3,(H,21,24). The SMILES string of the molecule is CCOC(=O)Nc1ccc(N2CCN(c3ccccc3C)CC2)nc1. The minimum absolute atomic E-state index is 0.350. The third kappa shape index (κ3) is 4.21.